The maximum atomic E-state index is 3.85. The molecule has 0 saturated carbocycles. The molecule has 0 radical (unpaired) electrons. The van der Waals surface area contributed by atoms with Gasteiger partial charge in [0, 0.05) is 6.54 Å². The maximum Gasteiger partial charge on any atom is 0.0729 e. The monoisotopic (exact) mass is 200 g/mol. The second-order valence-electron chi connectivity index (χ2n) is 2.65. The molecular weight excluding hydrogens is 184 g/mol. The van der Waals surface area contributed by atoms with Crippen molar-refractivity contribution in [2.45, 2.75) is 13.3 Å². The first-order valence-corrected chi connectivity index (χ1v) is 4.81. The van der Waals surface area contributed by atoms with E-state index in [0.29, 0.717) is 0 Å². The minimum absolute atomic E-state index is 0.865. The molecule has 0 fully saturated rings. The highest BCUT2D eigenvalue weighted by Gasteiger charge is 1.78. The molecule has 0 amide bonds. The van der Waals surface area contributed by atoms with Crippen molar-refractivity contribution in [1.29, 1.82) is 0 Å². The fourth-order valence-corrected chi connectivity index (χ4v) is 0.785. The van der Waals surface area contributed by atoms with Crippen molar-refractivity contribution in [2.75, 3.05) is 6.54 Å². The number of hydrogen-bond acceptors (Lipinski definition) is 2. The van der Waals surface area contributed by atoms with Crippen molar-refractivity contribution in [1.82, 2.24) is 0 Å². The van der Waals surface area contributed by atoms with Crippen LogP contribution in [-0.4, -0.2) is 18.3 Å². The Hall–Kier alpha value is -1.88. The van der Waals surface area contributed by atoms with Gasteiger partial charge in [0.2, 0.25) is 0 Å². The summed E-state index contributed by atoms with van der Waals surface area (Å²) in [6, 6.07) is 9.60. The van der Waals surface area contributed by atoms with E-state index in [1.165, 1.54) is 0 Å². The summed E-state index contributed by atoms with van der Waals surface area (Å²) in [4.78, 5) is 7.57. The van der Waals surface area contributed by atoms with Crippen LogP contribution in [0.15, 0.2) is 53.5 Å². The third-order valence-corrected chi connectivity index (χ3v) is 1.41. The lowest BCUT2D eigenvalue weighted by atomic mass is 10.3. The summed E-state index contributed by atoms with van der Waals surface area (Å²) in [5.74, 6) is 4.90. The highest BCUT2D eigenvalue weighted by Crippen LogP contribution is 2.07. The number of rotatable bonds is 3. The lowest BCUT2D eigenvalue weighted by molar-refractivity contribution is 0.939. The average Bonchev–Trinajstić information content (AvgIpc) is 2.29. The van der Waals surface area contributed by atoms with Gasteiger partial charge in [0.05, 0.1) is 5.69 Å². The molecule has 78 valence electrons. The molecule has 1 rings (SSSR count). The van der Waals surface area contributed by atoms with Crippen LogP contribution in [0.3, 0.4) is 0 Å². The van der Waals surface area contributed by atoms with Gasteiger partial charge in [-0.25, -0.2) is 9.98 Å². The molecule has 1 aromatic rings. The topological polar surface area (TPSA) is 24.7 Å². The highest BCUT2D eigenvalue weighted by molar-refractivity contribution is 5.55. The number of hydrogen-bond donors (Lipinski definition) is 0. The first-order valence-electron chi connectivity index (χ1n) is 4.81. The molecule has 0 N–H and O–H groups in total. The molecule has 0 atom stereocenters. The Morgan fingerprint density at radius 1 is 1.13 bits per heavy atom. The van der Waals surface area contributed by atoms with Crippen LogP contribution in [0, 0.1) is 0 Å². The van der Waals surface area contributed by atoms with Crippen LogP contribution in [0.2, 0.25) is 0 Å². The number of benzene rings is 1. The van der Waals surface area contributed by atoms with E-state index in [1.54, 1.807) is 0 Å². The number of nitrogens with zero attached hydrogens (tertiary/aromatic N) is 2. The molecule has 0 unspecified atom stereocenters. The van der Waals surface area contributed by atoms with Gasteiger partial charge in [0.25, 0.3) is 0 Å². The van der Waals surface area contributed by atoms with Gasteiger partial charge in [-0.2, -0.15) is 0 Å². The van der Waals surface area contributed by atoms with Crippen molar-refractivity contribution in [2.24, 2.45) is 9.98 Å². The van der Waals surface area contributed by atoms with E-state index in [1.807, 2.05) is 30.3 Å². The zero-order valence-electron chi connectivity index (χ0n) is 9.11. The van der Waals surface area contributed by atoms with E-state index in [-0.39, 0.29) is 0 Å². The fraction of sp³-hybridized carbons (Fsp3) is 0.231. The lowest BCUT2D eigenvalue weighted by Gasteiger charge is -1.84. The fourth-order valence-electron chi connectivity index (χ4n) is 0.785. The minimum Gasteiger partial charge on any atom is -0.244 e. The SMILES string of the molecule is C=C=NCCC.C=C=Nc1ccccc1. The van der Waals surface area contributed by atoms with E-state index in [0.717, 1.165) is 18.7 Å². The smallest absolute Gasteiger partial charge is 0.0729 e. The third kappa shape index (κ3) is 8.45. The van der Waals surface area contributed by atoms with Gasteiger partial charge in [-0.05, 0) is 43.5 Å². The van der Waals surface area contributed by atoms with Crippen molar-refractivity contribution < 1.29 is 0 Å². The summed E-state index contributed by atoms with van der Waals surface area (Å²) in [6.07, 6.45) is 1.09. The molecule has 15 heavy (non-hydrogen) atoms. The second kappa shape index (κ2) is 10.2. The van der Waals surface area contributed by atoms with Crippen LogP contribution >= 0.6 is 0 Å². The summed E-state index contributed by atoms with van der Waals surface area (Å²) in [5.41, 5.74) is 0.896. The predicted molar refractivity (Wildman–Crippen MR) is 67.4 cm³/mol. The Bertz CT molecular complexity index is 342. The summed E-state index contributed by atoms with van der Waals surface area (Å²) in [7, 11) is 0. The van der Waals surface area contributed by atoms with E-state index in [2.05, 4.69) is 41.8 Å². The molecule has 0 saturated heterocycles. The van der Waals surface area contributed by atoms with Gasteiger partial charge in [-0.15, -0.1) is 0 Å². The quantitative estimate of drug-likeness (QED) is 0.668. The Morgan fingerprint density at radius 2 is 1.80 bits per heavy atom. The van der Waals surface area contributed by atoms with Gasteiger partial charge < -0.3 is 0 Å². The predicted octanol–water partition coefficient (Wildman–Crippen LogP) is 3.43. The number of para-hydroxylation sites is 1. The zero-order valence-corrected chi connectivity index (χ0v) is 9.11. The van der Waals surface area contributed by atoms with Crippen LogP contribution in [-0.2, 0) is 0 Å². The lowest BCUT2D eigenvalue weighted by Crippen LogP contribution is -1.68. The molecular formula is C13H16N2. The zero-order chi connectivity index (χ0) is 11.4. The normalized spacial score (nSPS) is 7.53. The highest BCUT2D eigenvalue weighted by atomic mass is 14.7. The van der Waals surface area contributed by atoms with Crippen LogP contribution in [0.4, 0.5) is 5.69 Å². The summed E-state index contributed by atoms with van der Waals surface area (Å²) in [5, 5.41) is 0. The van der Waals surface area contributed by atoms with E-state index in [4.69, 9.17) is 0 Å². The molecule has 0 heterocycles. The molecule has 0 aliphatic rings. The van der Waals surface area contributed by atoms with E-state index >= 15 is 0 Å². The Balaban J connectivity index is 0.000000288. The maximum absolute atomic E-state index is 3.85. The van der Waals surface area contributed by atoms with Gasteiger partial charge in [0.1, 0.15) is 0 Å². The summed E-state index contributed by atoms with van der Waals surface area (Å²) < 4.78 is 0. The standard InChI is InChI=1S/C8H7N.C5H9N/c1-2-9-8-6-4-3-5-7-8;1-3-5-6-4-2/h3-7H,1H2;2-3,5H2,1H3. The third-order valence-electron chi connectivity index (χ3n) is 1.41. The van der Waals surface area contributed by atoms with Crippen molar-refractivity contribution in [3.05, 3.63) is 43.5 Å². The van der Waals surface area contributed by atoms with Crippen LogP contribution < -0.4 is 0 Å². The Kier molecular flexibility index (Phi) is 8.92. The Morgan fingerprint density at radius 3 is 2.20 bits per heavy atom. The molecule has 0 aliphatic carbocycles. The van der Waals surface area contributed by atoms with Gasteiger partial charge in [-0.3, -0.25) is 0 Å². The van der Waals surface area contributed by atoms with E-state index < -0.39 is 0 Å². The van der Waals surface area contributed by atoms with Gasteiger partial charge >= 0.3 is 0 Å². The second-order valence-corrected chi connectivity index (χ2v) is 2.65. The Labute approximate surface area is 91.4 Å². The molecule has 0 aliphatic heterocycles. The molecule has 1 aromatic carbocycles. The first kappa shape index (κ1) is 13.1. The molecule has 0 bridgehead atoms. The van der Waals surface area contributed by atoms with Crippen molar-refractivity contribution in [3.8, 4) is 0 Å². The largest absolute Gasteiger partial charge is 0.244 e. The van der Waals surface area contributed by atoms with E-state index in [9.17, 15) is 0 Å². The van der Waals surface area contributed by atoms with Crippen LogP contribution in [0.1, 0.15) is 13.3 Å². The molecule has 2 nitrogen and oxygen atoms in total. The van der Waals surface area contributed by atoms with Crippen molar-refractivity contribution >= 4 is 17.4 Å². The molecule has 0 aromatic heterocycles. The average molecular weight is 200 g/mol. The molecule has 2 heteroatoms. The van der Waals surface area contributed by atoms with Gasteiger partial charge in [-0.1, -0.05) is 25.1 Å². The van der Waals surface area contributed by atoms with Crippen LogP contribution in [0.5, 0.6) is 0 Å². The first-order chi connectivity index (χ1) is 7.35. The minimum atomic E-state index is 0.865. The molecule has 0 spiro atoms. The summed E-state index contributed by atoms with van der Waals surface area (Å²) >= 11 is 0. The number of aliphatic imine (C=N–C) groups is 2. The van der Waals surface area contributed by atoms with Crippen LogP contribution in [0.25, 0.3) is 0 Å². The van der Waals surface area contributed by atoms with Crippen molar-refractivity contribution in [3.63, 3.8) is 0 Å². The summed E-state index contributed by atoms with van der Waals surface area (Å²) in [6.45, 7) is 9.61. The van der Waals surface area contributed by atoms with Gasteiger partial charge in [0.15, 0.2) is 0 Å².